The normalized spacial score (nSPS) is 10.5. The number of nitrogens with zero attached hydrogens (tertiary/aromatic N) is 3. The monoisotopic (exact) mass is 243 g/mol. The van der Waals surface area contributed by atoms with Gasteiger partial charge in [-0.05, 0) is 32.3 Å². The van der Waals surface area contributed by atoms with Crippen molar-refractivity contribution in [3.8, 4) is 0 Å². The highest BCUT2D eigenvalue weighted by Crippen LogP contribution is 2.14. The highest BCUT2D eigenvalue weighted by molar-refractivity contribution is 7.07. The van der Waals surface area contributed by atoms with Gasteiger partial charge in [-0.1, -0.05) is 4.49 Å². The fourth-order valence-corrected chi connectivity index (χ4v) is 1.81. The van der Waals surface area contributed by atoms with E-state index in [1.165, 1.54) is 4.90 Å². The number of aromatic nitrogens is 2. The first kappa shape index (κ1) is 12.6. The maximum absolute atomic E-state index is 12.0. The fraction of sp³-hybridized carbons (Fsp3) is 0.556. The summed E-state index contributed by atoms with van der Waals surface area (Å²) < 4.78 is 3.66. The minimum atomic E-state index is -1.03. The molecule has 0 saturated carbocycles. The van der Waals surface area contributed by atoms with E-state index >= 15 is 0 Å². The van der Waals surface area contributed by atoms with E-state index in [9.17, 15) is 9.59 Å². The van der Waals surface area contributed by atoms with Crippen molar-refractivity contribution in [2.24, 2.45) is 0 Å². The Morgan fingerprint density at radius 3 is 2.50 bits per heavy atom. The molecule has 1 aromatic heterocycles. The van der Waals surface area contributed by atoms with Crippen LogP contribution in [0.4, 0.5) is 0 Å². The second-order valence-electron chi connectivity index (χ2n) is 3.61. The maximum Gasteiger partial charge on any atom is 0.323 e. The summed E-state index contributed by atoms with van der Waals surface area (Å²) in [4.78, 5) is 24.3. The van der Waals surface area contributed by atoms with Gasteiger partial charge in [-0.3, -0.25) is 9.59 Å². The number of hydrogen-bond donors (Lipinski definition) is 1. The number of aliphatic carboxylic acids is 1. The van der Waals surface area contributed by atoms with Gasteiger partial charge in [0.05, 0.1) is 5.69 Å². The second kappa shape index (κ2) is 5.02. The Morgan fingerprint density at radius 1 is 1.50 bits per heavy atom. The van der Waals surface area contributed by atoms with Crippen LogP contribution < -0.4 is 0 Å². The molecule has 0 fully saturated rings. The number of rotatable bonds is 4. The van der Waals surface area contributed by atoms with Crippen molar-refractivity contribution in [3.05, 3.63) is 10.6 Å². The molecule has 0 bridgehead atoms. The molecule has 0 aliphatic rings. The molecule has 0 atom stereocenters. The molecule has 0 aliphatic carbocycles. The van der Waals surface area contributed by atoms with E-state index in [0.717, 1.165) is 11.5 Å². The lowest BCUT2D eigenvalue weighted by Gasteiger charge is -2.24. The van der Waals surface area contributed by atoms with Crippen molar-refractivity contribution in [1.82, 2.24) is 14.5 Å². The average Bonchev–Trinajstić information content (AvgIpc) is 2.59. The van der Waals surface area contributed by atoms with Crippen LogP contribution in [0.15, 0.2) is 0 Å². The zero-order chi connectivity index (χ0) is 12.3. The molecule has 6 nitrogen and oxygen atoms in total. The molecule has 88 valence electrons. The zero-order valence-corrected chi connectivity index (χ0v) is 10.1. The Hall–Kier alpha value is -1.50. The van der Waals surface area contributed by atoms with Gasteiger partial charge < -0.3 is 10.0 Å². The minimum absolute atomic E-state index is 0.176. The molecule has 0 saturated heterocycles. The van der Waals surface area contributed by atoms with Crippen LogP contribution in [0.25, 0.3) is 0 Å². The third kappa shape index (κ3) is 2.75. The quantitative estimate of drug-likeness (QED) is 0.845. The standard InChI is InChI=1S/C9H13N3O3S/c1-5(2)12(4-7(13)14)9(15)8-6(3)10-11-16-8/h5H,4H2,1-3H3,(H,13,14). The third-order valence-electron chi connectivity index (χ3n) is 2.04. The van der Waals surface area contributed by atoms with Crippen molar-refractivity contribution in [2.45, 2.75) is 26.8 Å². The average molecular weight is 243 g/mol. The second-order valence-corrected chi connectivity index (χ2v) is 4.36. The number of amides is 1. The van der Waals surface area contributed by atoms with Crippen molar-refractivity contribution < 1.29 is 14.7 Å². The maximum atomic E-state index is 12.0. The van der Waals surface area contributed by atoms with E-state index in [2.05, 4.69) is 9.59 Å². The molecule has 0 radical (unpaired) electrons. The molecule has 0 aliphatic heterocycles. The van der Waals surface area contributed by atoms with Gasteiger partial charge in [0.25, 0.3) is 5.91 Å². The summed E-state index contributed by atoms with van der Waals surface area (Å²) in [6, 6.07) is -0.176. The SMILES string of the molecule is Cc1nnsc1C(=O)N(CC(=O)O)C(C)C. The number of aryl methyl sites for hydroxylation is 1. The molecular weight excluding hydrogens is 230 g/mol. The molecule has 1 heterocycles. The van der Waals surface area contributed by atoms with E-state index in [1.807, 2.05) is 0 Å². The molecule has 0 aromatic carbocycles. The number of hydrogen-bond acceptors (Lipinski definition) is 5. The first-order valence-corrected chi connectivity index (χ1v) is 5.52. The molecule has 7 heteroatoms. The predicted molar refractivity (Wildman–Crippen MR) is 58.5 cm³/mol. The Kier molecular flexibility index (Phi) is 3.94. The van der Waals surface area contributed by atoms with Crippen LogP contribution in [0.3, 0.4) is 0 Å². The van der Waals surface area contributed by atoms with Gasteiger partial charge in [0.1, 0.15) is 11.4 Å². The van der Waals surface area contributed by atoms with Crippen LogP contribution in [0.1, 0.15) is 29.2 Å². The summed E-state index contributed by atoms with van der Waals surface area (Å²) in [6.07, 6.45) is 0. The van der Waals surface area contributed by atoms with E-state index in [-0.39, 0.29) is 18.5 Å². The van der Waals surface area contributed by atoms with Gasteiger partial charge in [-0.2, -0.15) is 0 Å². The van der Waals surface area contributed by atoms with E-state index < -0.39 is 5.97 Å². The third-order valence-corrected chi connectivity index (χ3v) is 2.85. The van der Waals surface area contributed by atoms with Crippen LogP contribution in [-0.2, 0) is 4.79 Å². The molecule has 1 N–H and O–H groups in total. The first-order valence-electron chi connectivity index (χ1n) is 4.75. The Labute approximate surface area is 97.1 Å². The molecular formula is C9H13N3O3S. The smallest absolute Gasteiger partial charge is 0.323 e. The van der Waals surface area contributed by atoms with Gasteiger partial charge >= 0.3 is 5.97 Å². The first-order chi connectivity index (χ1) is 7.43. The van der Waals surface area contributed by atoms with Crippen LogP contribution in [-0.4, -0.2) is 44.1 Å². The molecule has 16 heavy (non-hydrogen) atoms. The number of carboxylic acid groups (broad SMARTS) is 1. The zero-order valence-electron chi connectivity index (χ0n) is 9.30. The summed E-state index contributed by atoms with van der Waals surface area (Å²) >= 11 is 0.985. The summed E-state index contributed by atoms with van der Waals surface area (Å²) in [5.74, 6) is -1.36. The molecule has 0 spiro atoms. The summed E-state index contributed by atoms with van der Waals surface area (Å²) in [7, 11) is 0. The van der Waals surface area contributed by atoms with Gasteiger partial charge in [0.15, 0.2) is 0 Å². The van der Waals surface area contributed by atoms with Crippen molar-refractivity contribution in [1.29, 1.82) is 0 Å². The lowest BCUT2D eigenvalue weighted by molar-refractivity contribution is -0.138. The number of carbonyl (C=O) groups is 2. The number of carbonyl (C=O) groups excluding carboxylic acids is 1. The van der Waals surface area contributed by atoms with Crippen LogP contribution in [0.5, 0.6) is 0 Å². The van der Waals surface area contributed by atoms with E-state index in [4.69, 9.17) is 5.11 Å². The fourth-order valence-electron chi connectivity index (χ4n) is 1.19. The van der Waals surface area contributed by atoms with Crippen molar-refractivity contribution >= 4 is 23.4 Å². The summed E-state index contributed by atoms with van der Waals surface area (Å²) in [6.45, 7) is 4.90. The van der Waals surface area contributed by atoms with E-state index in [1.54, 1.807) is 20.8 Å². The summed E-state index contributed by atoms with van der Waals surface area (Å²) in [5, 5.41) is 12.5. The van der Waals surface area contributed by atoms with Crippen LogP contribution >= 0.6 is 11.5 Å². The molecule has 0 unspecified atom stereocenters. The largest absolute Gasteiger partial charge is 0.480 e. The van der Waals surface area contributed by atoms with Crippen LogP contribution in [0, 0.1) is 6.92 Å². The van der Waals surface area contributed by atoms with Gasteiger partial charge in [-0.15, -0.1) is 5.10 Å². The molecule has 1 aromatic rings. The predicted octanol–water partition coefficient (Wildman–Crippen LogP) is 0.782. The molecule has 1 rings (SSSR count). The van der Waals surface area contributed by atoms with Gasteiger partial charge in [0.2, 0.25) is 0 Å². The highest BCUT2D eigenvalue weighted by atomic mass is 32.1. The van der Waals surface area contributed by atoms with E-state index in [0.29, 0.717) is 10.6 Å². The topological polar surface area (TPSA) is 83.4 Å². The van der Waals surface area contributed by atoms with Gasteiger partial charge in [0, 0.05) is 6.04 Å². The Bertz CT molecular complexity index is 402. The Balaban J connectivity index is 2.92. The lowest BCUT2D eigenvalue weighted by atomic mass is 10.2. The van der Waals surface area contributed by atoms with Crippen molar-refractivity contribution in [2.75, 3.05) is 6.54 Å². The Morgan fingerprint density at radius 2 is 2.12 bits per heavy atom. The van der Waals surface area contributed by atoms with Gasteiger partial charge in [-0.25, -0.2) is 0 Å². The highest BCUT2D eigenvalue weighted by Gasteiger charge is 2.24. The lowest BCUT2D eigenvalue weighted by Crippen LogP contribution is -2.40. The summed E-state index contributed by atoms with van der Waals surface area (Å²) in [5.41, 5.74) is 0.533. The minimum Gasteiger partial charge on any atom is -0.480 e. The van der Waals surface area contributed by atoms with Crippen molar-refractivity contribution in [3.63, 3.8) is 0 Å². The van der Waals surface area contributed by atoms with Crippen LogP contribution in [0.2, 0.25) is 0 Å². The number of carboxylic acids is 1. The molecule has 1 amide bonds.